The summed E-state index contributed by atoms with van der Waals surface area (Å²) in [4.78, 5) is 0. The van der Waals surface area contributed by atoms with Gasteiger partial charge in [-0.1, -0.05) is 11.6 Å². The van der Waals surface area contributed by atoms with Crippen LogP contribution in [0.15, 0.2) is 6.20 Å². The van der Waals surface area contributed by atoms with Crippen molar-refractivity contribution in [3.05, 3.63) is 11.3 Å². The highest BCUT2D eigenvalue weighted by Crippen LogP contribution is 2.25. The molecule has 0 aromatic carbocycles. The molecule has 1 aromatic rings. The van der Waals surface area contributed by atoms with Crippen molar-refractivity contribution in [1.82, 2.24) is 9.78 Å². The maximum Gasteiger partial charge on any atom is 0.175 e. The average molecular weight is 217 g/mol. The molecule has 4 nitrogen and oxygen atoms in total. The molecule has 0 amide bonds. The zero-order valence-electron chi connectivity index (χ0n) is 8.07. The van der Waals surface area contributed by atoms with E-state index in [1.54, 1.807) is 18.0 Å². The predicted octanol–water partition coefficient (Wildman–Crippen LogP) is 1.58. The molecule has 0 saturated carbocycles. The van der Waals surface area contributed by atoms with Crippen molar-refractivity contribution in [1.29, 1.82) is 0 Å². The highest BCUT2D eigenvalue weighted by molar-refractivity contribution is 6.31. The van der Waals surface area contributed by atoms with Crippen LogP contribution in [0.1, 0.15) is 6.42 Å². The first kappa shape index (κ1) is 9.80. The van der Waals surface area contributed by atoms with Crippen LogP contribution < -0.4 is 4.74 Å². The molecular formula is C9H13ClN2O2. The summed E-state index contributed by atoms with van der Waals surface area (Å²) in [7, 11) is 1.59. The van der Waals surface area contributed by atoms with E-state index in [2.05, 4.69) is 5.10 Å². The van der Waals surface area contributed by atoms with Gasteiger partial charge in [0.25, 0.3) is 0 Å². The molecule has 1 aliphatic heterocycles. The minimum absolute atomic E-state index is 0.525. The van der Waals surface area contributed by atoms with Crippen LogP contribution >= 0.6 is 11.6 Å². The topological polar surface area (TPSA) is 36.3 Å². The molecule has 0 aliphatic carbocycles. The molecule has 0 radical (unpaired) electrons. The number of hydrogen-bond acceptors (Lipinski definition) is 3. The van der Waals surface area contributed by atoms with Crippen molar-refractivity contribution < 1.29 is 9.47 Å². The fraction of sp³-hybridized carbons (Fsp3) is 0.667. The molecule has 1 aliphatic rings. The largest absolute Gasteiger partial charge is 0.492 e. The van der Waals surface area contributed by atoms with E-state index < -0.39 is 0 Å². The number of hydrogen-bond donors (Lipinski definition) is 0. The minimum atomic E-state index is 0.525. The fourth-order valence-corrected chi connectivity index (χ4v) is 1.83. The summed E-state index contributed by atoms with van der Waals surface area (Å²) in [6.45, 7) is 2.46. The second kappa shape index (κ2) is 4.19. The molecular weight excluding hydrogens is 204 g/mol. The van der Waals surface area contributed by atoms with Crippen LogP contribution in [0, 0.1) is 5.92 Å². The Balaban J connectivity index is 2.04. The predicted molar refractivity (Wildman–Crippen MR) is 52.7 cm³/mol. The Hall–Kier alpha value is -0.740. The number of rotatable bonds is 3. The Morgan fingerprint density at radius 1 is 1.79 bits per heavy atom. The molecule has 5 heteroatoms. The smallest absolute Gasteiger partial charge is 0.175 e. The van der Waals surface area contributed by atoms with Crippen molar-refractivity contribution in [2.24, 2.45) is 5.92 Å². The summed E-state index contributed by atoms with van der Waals surface area (Å²) >= 11 is 6.04. The van der Waals surface area contributed by atoms with Gasteiger partial charge in [0.15, 0.2) is 10.9 Å². The Bertz CT molecular complexity index is 308. The summed E-state index contributed by atoms with van der Waals surface area (Å²) in [6, 6.07) is 0. The van der Waals surface area contributed by atoms with Gasteiger partial charge in [-0.2, -0.15) is 5.10 Å². The van der Waals surface area contributed by atoms with Gasteiger partial charge in [-0.05, 0) is 6.42 Å². The van der Waals surface area contributed by atoms with Crippen LogP contribution in [-0.4, -0.2) is 30.1 Å². The van der Waals surface area contributed by atoms with Crippen LogP contribution in [-0.2, 0) is 11.3 Å². The zero-order chi connectivity index (χ0) is 9.97. The molecule has 14 heavy (non-hydrogen) atoms. The molecule has 1 unspecified atom stereocenters. The molecule has 0 N–H and O–H groups in total. The second-order valence-electron chi connectivity index (χ2n) is 3.42. The first-order valence-corrected chi connectivity index (χ1v) is 5.02. The fourth-order valence-electron chi connectivity index (χ4n) is 1.59. The van der Waals surface area contributed by atoms with Crippen LogP contribution in [0.4, 0.5) is 0 Å². The Morgan fingerprint density at radius 3 is 3.21 bits per heavy atom. The lowest BCUT2D eigenvalue weighted by Crippen LogP contribution is -2.11. The summed E-state index contributed by atoms with van der Waals surface area (Å²) in [6.07, 6.45) is 2.72. The van der Waals surface area contributed by atoms with Gasteiger partial charge >= 0.3 is 0 Å². The number of methoxy groups -OCH3 is 1. The van der Waals surface area contributed by atoms with E-state index in [9.17, 15) is 0 Å². The lowest BCUT2D eigenvalue weighted by molar-refractivity contribution is 0.181. The van der Waals surface area contributed by atoms with E-state index in [1.807, 2.05) is 0 Å². The summed E-state index contributed by atoms with van der Waals surface area (Å²) in [5.74, 6) is 1.16. The lowest BCUT2D eigenvalue weighted by Gasteiger charge is -2.08. The third-order valence-electron chi connectivity index (χ3n) is 2.42. The first-order valence-electron chi connectivity index (χ1n) is 4.64. The van der Waals surface area contributed by atoms with Crippen LogP contribution in [0.5, 0.6) is 5.75 Å². The van der Waals surface area contributed by atoms with E-state index in [0.717, 1.165) is 26.2 Å². The third kappa shape index (κ3) is 1.86. The number of nitrogens with zero attached hydrogens (tertiary/aromatic N) is 2. The maximum atomic E-state index is 6.04. The molecule has 1 atom stereocenters. The second-order valence-corrected chi connectivity index (χ2v) is 3.77. The van der Waals surface area contributed by atoms with Gasteiger partial charge in [-0.3, -0.25) is 4.68 Å². The average Bonchev–Trinajstić information content (AvgIpc) is 2.79. The SMILES string of the molecule is COc1cnn(CC2CCOC2)c1Cl. The van der Waals surface area contributed by atoms with Gasteiger partial charge in [0.05, 0.1) is 19.9 Å². The third-order valence-corrected chi connectivity index (χ3v) is 2.80. The highest BCUT2D eigenvalue weighted by Gasteiger charge is 2.18. The summed E-state index contributed by atoms with van der Waals surface area (Å²) in [5.41, 5.74) is 0. The Labute approximate surface area is 87.8 Å². The van der Waals surface area contributed by atoms with Crippen LogP contribution in [0.3, 0.4) is 0 Å². The van der Waals surface area contributed by atoms with E-state index >= 15 is 0 Å². The number of ether oxygens (including phenoxy) is 2. The van der Waals surface area contributed by atoms with E-state index in [0.29, 0.717) is 16.8 Å². The van der Waals surface area contributed by atoms with Crippen LogP contribution in [0.2, 0.25) is 5.15 Å². The Morgan fingerprint density at radius 2 is 2.64 bits per heavy atom. The van der Waals surface area contributed by atoms with Gasteiger partial charge in [0.1, 0.15) is 0 Å². The van der Waals surface area contributed by atoms with E-state index in [-0.39, 0.29) is 0 Å². The molecule has 1 saturated heterocycles. The van der Waals surface area contributed by atoms with Gasteiger partial charge in [0, 0.05) is 19.1 Å². The molecule has 2 rings (SSSR count). The van der Waals surface area contributed by atoms with Crippen LogP contribution in [0.25, 0.3) is 0 Å². The molecule has 0 spiro atoms. The van der Waals surface area contributed by atoms with Crippen molar-refractivity contribution in [2.75, 3.05) is 20.3 Å². The summed E-state index contributed by atoms with van der Waals surface area (Å²) < 4.78 is 12.1. The lowest BCUT2D eigenvalue weighted by atomic mass is 10.1. The minimum Gasteiger partial charge on any atom is -0.492 e. The highest BCUT2D eigenvalue weighted by atomic mass is 35.5. The zero-order valence-corrected chi connectivity index (χ0v) is 8.83. The van der Waals surface area contributed by atoms with Crippen molar-refractivity contribution >= 4 is 11.6 Å². The molecule has 1 fully saturated rings. The van der Waals surface area contributed by atoms with Crippen molar-refractivity contribution in [3.8, 4) is 5.75 Å². The van der Waals surface area contributed by atoms with Gasteiger partial charge in [-0.15, -0.1) is 0 Å². The first-order chi connectivity index (χ1) is 6.81. The Kier molecular flexibility index (Phi) is 2.93. The number of halogens is 1. The van der Waals surface area contributed by atoms with Gasteiger partial charge in [-0.25, -0.2) is 0 Å². The quantitative estimate of drug-likeness (QED) is 0.770. The van der Waals surface area contributed by atoms with Crippen molar-refractivity contribution in [3.63, 3.8) is 0 Å². The molecule has 1 aromatic heterocycles. The summed E-state index contributed by atoms with van der Waals surface area (Å²) in [5, 5.41) is 4.72. The normalized spacial score (nSPS) is 21.4. The van der Waals surface area contributed by atoms with E-state index in [4.69, 9.17) is 21.1 Å². The van der Waals surface area contributed by atoms with Gasteiger partial charge in [0.2, 0.25) is 0 Å². The van der Waals surface area contributed by atoms with Gasteiger partial charge < -0.3 is 9.47 Å². The molecule has 2 heterocycles. The molecule has 0 bridgehead atoms. The molecule has 78 valence electrons. The monoisotopic (exact) mass is 216 g/mol. The maximum absolute atomic E-state index is 6.04. The number of aromatic nitrogens is 2. The van der Waals surface area contributed by atoms with E-state index in [1.165, 1.54) is 0 Å². The van der Waals surface area contributed by atoms with Crippen molar-refractivity contribution in [2.45, 2.75) is 13.0 Å². The standard InChI is InChI=1S/C9H13ClN2O2/c1-13-8-4-11-12(9(8)10)5-7-2-3-14-6-7/h4,7H,2-3,5-6H2,1H3.